The Labute approximate surface area is 120 Å². The molecule has 0 saturated heterocycles. The van der Waals surface area contributed by atoms with Crippen LogP contribution in [0.2, 0.25) is 0 Å². The number of benzene rings is 1. The first-order chi connectivity index (χ1) is 10.0. The van der Waals surface area contributed by atoms with E-state index < -0.39 is 11.9 Å². The standard InChI is InChI=1S/C16H6O5/c1-2-3-4-5-6-7-8-21-14-10-12(15(17)18)9-13(11-14)16(19)20/h1,9-11H,(H,17,18)(H,19,20). The lowest BCUT2D eigenvalue weighted by atomic mass is 10.1. The minimum absolute atomic E-state index is 0.0173. The Bertz CT molecular complexity index is 776. The summed E-state index contributed by atoms with van der Waals surface area (Å²) >= 11 is 0. The maximum absolute atomic E-state index is 10.9. The van der Waals surface area contributed by atoms with Crippen molar-refractivity contribution >= 4 is 11.9 Å². The highest BCUT2D eigenvalue weighted by molar-refractivity contribution is 5.94. The van der Waals surface area contributed by atoms with Gasteiger partial charge in [0.05, 0.1) is 11.1 Å². The molecule has 5 nitrogen and oxygen atoms in total. The van der Waals surface area contributed by atoms with Crippen LogP contribution in [0.25, 0.3) is 0 Å². The SMILES string of the molecule is C#CC#CC#CC#COc1cc(C(=O)O)cc(C(=O)O)c1. The van der Waals surface area contributed by atoms with Crippen LogP contribution in [0.5, 0.6) is 5.75 Å². The quantitative estimate of drug-likeness (QED) is 0.808. The van der Waals surface area contributed by atoms with Gasteiger partial charge in [-0.1, -0.05) is 0 Å². The molecule has 1 rings (SSSR count). The number of ether oxygens (including phenoxy) is 1. The van der Waals surface area contributed by atoms with Crippen molar-refractivity contribution in [1.82, 2.24) is 0 Å². The fourth-order valence-electron chi connectivity index (χ4n) is 1.14. The number of carbonyl (C=O) groups is 2. The predicted molar refractivity (Wildman–Crippen MR) is 73.1 cm³/mol. The number of hydrogen-bond donors (Lipinski definition) is 2. The summed E-state index contributed by atoms with van der Waals surface area (Å²) in [7, 11) is 0. The molecular weight excluding hydrogens is 272 g/mol. The van der Waals surface area contributed by atoms with Crippen molar-refractivity contribution in [2.45, 2.75) is 0 Å². The Morgan fingerprint density at radius 1 is 0.905 bits per heavy atom. The molecule has 0 unspecified atom stereocenters. The monoisotopic (exact) mass is 278 g/mol. The predicted octanol–water partition coefficient (Wildman–Crippen LogP) is 1.06. The van der Waals surface area contributed by atoms with Gasteiger partial charge in [0.15, 0.2) is 0 Å². The summed E-state index contributed by atoms with van der Waals surface area (Å²) in [6, 6.07) is 3.31. The van der Waals surface area contributed by atoms with E-state index in [1.807, 2.05) is 0 Å². The van der Waals surface area contributed by atoms with Gasteiger partial charge in [-0.25, -0.2) is 9.59 Å². The summed E-state index contributed by atoms with van der Waals surface area (Å²) in [4.78, 5) is 21.7. The Balaban J connectivity index is 2.96. The molecule has 0 atom stereocenters. The topological polar surface area (TPSA) is 83.8 Å². The van der Waals surface area contributed by atoms with E-state index in [0.717, 1.165) is 18.2 Å². The van der Waals surface area contributed by atoms with Crippen LogP contribution in [0.15, 0.2) is 18.2 Å². The second-order valence-electron chi connectivity index (χ2n) is 3.33. The maximum atomic E-state index is 10.9. The van der Waals surface area contributed by atoms with Gasteiger partial charge in [-0.05, 0) is 36.0 Å². The number of carboxylic acid groups (broad SMARTS) is 2. The molecule has 0 aliphatic heterocycles. The second-order valence-corrected chi connectivity index (χ2v) is 3.33. The van der Waals surface area contributed by atoms with Crippen molar-refractivity contribution in [2.24, 2.45) is 0 Å². The van der Waals surface area contributed by atoms with Crippen molar-refractivity contribution in [3.63, 3.8) is 0 Å². The van der Waals surface area contributed by atoms with Crippen LogP contribution in [-0.4, -0.2) is 22.2 Å². The van der Waals surface area contributed by atoms with E-state index in [2.05, 4.69) is 41.6 Å². The average Bonchev–Trinajstić information content (AvgIpc) is 2.46. The number of carboxylic acids is 2. The third kappa shape index (κ3) is 5.14. The van der Waals surface area contributed by atoms with Gasteiger partial charge in [0, 0.05) is 17.8 Å². The summed E-state index contributed by atoms with van der Waals surface area (Å²) in [5.74, 6) is 11.0. The molecule has 0 aliphatic rings. The molecule has 0 bridgehead atoms. The summed E-state index contributed by atoms with van der Waals surface area (Å²) in [5, 5.41) is 17.7. The third-order valence-electron chi connectivity index (χ3n) is 1.94. The summed E-state index contributed by atoms with van der Waals surface area (Å²) in [5.41, 5.74) is -0.449. The molecule has 1 aromatic rings. The van der Waals surface area contributed by atoms with Crippen molar-refractivity contribution in [3.05, 3.63) is 29.3 Å². The Kier molecular flexibility index (Phi) is 5.52. The minimum atomic E-state index is -1.28. The van der Waals surface area contributed by atoms with Gasteiger partial charge in [-0.2, -0.15) is 0 Å². The highest BCUT2D eigenvalue weighted by atomic mass is 16.5. The van der Waals surface area contributed by atoms with Gasteiger partial charge in [0.1, 0.15) is 11.9 Å². The summed E-state index contributed by atoms with van der Waals surface area (Å²) < 4.78 is 4.92. The zero-order valence-corrected chi connectivity index (χ0v) is 10.4. The fourth-order valence-corrected chi connectivity index (χ4v) is 1.14. The Morgan fingerprint density at radius 3 is 1.95 bits per heavy atom. The van der Waals surface area contributed by atoms with Gasteiger partial charge in [0.25, 0.3) is 0 Å². The second kappa shape index (κ2) is 7.59. The van der Waals surface area contributed by atoms with E-state index in [9.17, 15) is 9.59 Å². The van der Waals surface area contributed by atoms with Crippen molar-refractivity contribution in [3.8, 4) is 53.8 Å². The minimum Gasteiger partial charge on any atom is -0.478 e. The average molecular weight is 278 g/mol. The van der Waals surface area contributed by atoms with Crippen molar-refractivity contribution < 1.29 is 24.5 Å². The molecule has 100 valence electrons. The molecule has 0 aliphatic carbocycles. The first-order valence-corrected chi connectivity index (χ1v) is 5.28. The number of aromatic carboxylic acids is 2. The van der Waals surface area contributed by atoms with Crippen LogP contribution >= 0.6 is 0 Å². The molecule has 0 heterocycles. The van der Waals surface area contributed by atoms with Crippen LogP contribution in [0.3, 0.4) is 0 Å². The van der Waals surface area contributed by atoms with E-state index in [1.165, 1.54) is 0 Å². The summed E-state index contributed by atoms with van der Waals surface area (Å²) in [6.45, 7) is 0. The first-order valence-electron chi connectivity index (χ1n) is 5.28. The van der Waals surface area contributed by atoms with Crippen molar-refractivity contribution in [1.29, 1.82) is 0 Å². The van der Waals surface area contributed by atoms with Crippen LogP contribution in [0.4, 0.5) is 0 Å². The molecule has 0 radical (unpaired) electrons. The zero-order chi connectivity index (χ0) is 15.7. The van der Waals surface area contributed by atoms with Gasteiger partial charge in [-0.3, -0.25) is 0 Å². The molecule has 0 fully saturated rings. The lowest BCUT2D eigenvalue weighted by Gasteiger charge is -2.02. The van der Waals surface area contributed by atoms with E-state index in [-0.39, 0.29) is 16.9 Å². The smallest absolute Gasteiger partial charge is 0.335 e. The maximum Gasteiger partial charge on any atom is 0.335 e. The van der Waals surface area contributed by atoms with Crippen LogP contribution in [-0.2, 0) is 0 Å². The lowest BCUT2D eigenvalue weighted by Crippen LogP contribution is -2.03. The molecular formula is C16H6O5. The highest BCUT2D eigenvalue weighted by Crippen LogP contribution is 2.17. The molecule has 1 aromatic carbocycles. The first kappa shape index (κ1) is 15.3. The van der Waals surface area contributed by atoms with E-state index in [4.69, 9.17) is 21.4 Å². The number of rotatable bonds is 3. The van der Waals surface area contributed by atoms with Crippen molar-refractivity contribution in [2.75, 3.05) is 0 Å². The van der Waals surface area contributed by atoms with Crippen LogP contribution in [0, 0.1) is 48.1 Å². The van der Waals surface area contributed by atoms with Gasteiger partial charge in [0.2, 0.25) is 0 Å². The van der Waals surface area contributed by atoms with Gasteiger partial charge in [-0.15, -0.1) is 6.42 Å². The molecule has 21 heavy (non-hydrogen) atoms. The highest BCUT2D eigenvalue weighted by Gasteiger charge is 2.11. The van der Waals surface area contributed by atoms with Gasteiger partial charge < -0.3 is 14.9 Å². The Hall–Kier alpha value is -3.80. The Morgan fingerprint density at radius 2 is 1.43 bits per heavy atom. The zero-order valence-electron chi connectivity index (χ0n) is 10.4. The van der Waals surface area contributed by atoms with Crippen LogP contribution in [0.1, 0.15) is 20.7 Å². The molecule has 0 spiro atoms. The molecule has 5 heteroatoms. The molecule has 0 amide bonds. The normalized spacial score (nSPS) is 7.57. The third-order valence-corrected chi connectivity index (χ3v) is 1.94. The van der Waals surface area contributed by atoms with Gasteiger partial charge >= 0.3 is 11.9 Å². The largest absolute Gasteiger partial charge is 0.478 e. The summed E-state index contributed by atoms with van der Waals surface area (Å²) in [6.07, 6.45) is 7.06. The van der Waals surface area contributed by atoms with E-state index in [1.54, 1.807) is 0 Å². The fraction of sp³-hybridized carbons (Fsp3) is 0. The molecule has 0 saturated carbocycles. The van der Waals surface area contributed by atoms with Crippen LogP contribution < -0.4 is 4.74 Å². The molecule has 2 N–H and O–H groups in total. The number of hydrogen-bond acceptors (Lipinski definition) is 3. The van der Waals surface area contributed by atoms with E-state index in [0.29, 0.717) is 0 Å². The van der Waals surface area contributed by atoms with E-state index >= 15 is 0 Å². The lowest BCUT2D eigenvalue weighted by molar-refractivity contribution is 0.0696. The molecule has 0 aromatic heterocycles. The number of terminal acetylenes is 1.